The summed E-state index contributed by atoms with van der Waals surface area (Å²) in [7, 11) is -3.80. The zero-order valence-corrected chi connectivity index (χ0v) is 13.0. The normalized spacial score (nSPS) is 19.6. The SMILES string of the molecule is O=C(O)C1CCN(S(=O)(=O)c2cccc3c(Cl)ccnc23)C1. The number of hydrogen-bond donors (Lipinski definition) is 1. The Hall–Kier alpha value is -1.70. The molecule has 1 unspecified atom stereocenters. The highest BCUT2D eigenvalue weighted by molar-refractivity contribution is 7.89. The summed E-state index contributed by atoms with van der Waals surface area (Å²) in [6.07, 6.45) is 1.77. The maximum atomic E-state index is 12.8. The quantitative estimate of drug-likeness (QED) is 0.923. The second-order valence-corrected chi connectivity index (χ2v) is 7.45. The van der Waals surface area contributed by atoms with E-state index < -0.39 is 21.9 Å². The summed E-state index contributed by atoms with van der Waals surface area (Å²) in [5.41, 5.74) is 0.300. The van der Waals surface area contributed by atoms with Gasteiger partial charge in [-0.05, 0) is 18.6 Å². The molecule has 2 heterocycles. The molecule has 1 N–H and O–H groups in total. The number of para-hydroxylation sites is 1. The molecule has 22 heavy (non-hydrogen) atoms. The van der Waals surface area contributed by atoms with Gasteiger partial charge in [0.15, 0.2) is 0 Å². The van der Waals surface area contributed by atoms with Gasteiger partial charge in [0, 0.05) is 24.7 Å². The van der Waals surface area contributed by atoms with Gasteiger partial charge in [-0.1, -0.05) is 23.7 Å². The minimum absolute atomic E-state index is 0.0192. The Balaban J connectivity index is 2.07. The number of aromatic nitrogens is 1. The number of aliphatic carboxylic acids is 1. The molecule has 0 saturated carbocycles. The van der Waals surface area contributed by atoms with Gasteiger partial charge in [0.25, 0.3) is 0 Å². The summed E-state index contributed by atoms with van der Waals surface area (Å²) in [4.78, 5) is 15.2. The molecular formula is C14H13ClN2O4S. The van der Waals surface area contributed by atoms with Crippen molar-refractivity contribution in [3.63, 3.8) is 0 Å². The number of benzene rings is 1. The molecule has 1 aromatic carbocycles. The van der Waals surface area contributed by atoms with Crippen molar-refractivity contribution in [2.45, 2.75) is 11.3 Å². The molecule has 2 aromatic rings. The molecule has 1 saturated heterocycles. The van der Waals surface area contributed by atoms with Gasteiger partial charge in [-0.3, -0.25) is 9.78 Å². The van der Waals surface area contributed by atoms with Crippen LogP contribution in [-0.2, 0) is 14.8 Å². The Morgan fingerprint density at radius 1 is 1.36 bits per heavy atom. The number of carbonyl (C=O) groups is 1. The van der Waals surface area contributed by atoms with Crippen LogP contribution in [0.4, 0.5) is 0 Å². The molecule has 1 fully saturated rings. The van der Waals surface area contributed by atoms with E-state index in [2.05, 4.69) is 4.98 Å². The van der Waals surface area contributed by atoms with Crippen molar-refractivity contribution >= 4 is 38.5 Å². The van der Waals surface area contributed by atoms with Crippen molar-refractivity contribution in [3.8, 4) is 0 Å². The monoisotopic (exact) mass is 340 g/mol. The van der Waals surface area contributed by atoms with Gasteiger partial charge in [-0.15, -0.1) is 0 Å². The van der Waals surface area contributed by atoms with Crippen molar-refractivity contribution < 1.29 is 18.3 Å². The van der Waals surface area contributed by atoms with Crippen LogP contribution in [0.15, 0.2) is 35.4 Å². The Morgan fingerprint density at radius 3 is 2.82 bits per heavy atom. The molecule has 0 amide bonds. The van der Waals surface area contributed by atoms with Crippen LogP contribution in [0.1, 0.15) is 6.42 Å². The molecule has 0 spiro atoms. The summed E-state index contributed by atoms with van der Waals surface area (Å²) in [6, 6.07) is 6.37. The third kappa shape index (κ3) is 2.45. The van der Waals surface area contributed by atoms with Crippen LogP contribution < -0.4 is 0 Å². The van der Waals surface area contributed by atoms with Crippen LogP contribution in [-0.4, -0.2) is 41.9 Å². The van der Waals surface area contributed by atoms with Gasteiger partial charge in [0.2, 0.25) is 10.0 Å². The molecule has 1 atom stereocenters. The zero-order valence-electron chi connectivity index (χ0n) is 11.4. The van der Waals surface area contributed by atoms with Gasteiger partial charge in [0.05, 0.1) is 16.5 Å². The second-order valence-electron chi connectivity index (χ2n) is 5.13. The first kappa shape index (κ1) is 15.2. The van der Waals surface area contributed by atoms with E-state index in [1.54, 1.807) is 18.2 Å². The molecule has 116 valence electrons. The van der Waals surface area contributed by atoms with Gasteiger partial charge >= 0.3 is 5.97 Å². The molecule has 0 radical (unpaired) electrons. The van der Waals surface area contributed by atoms with Crippen molar-refractivity contribution in [2.75, 3.05) is 13.1 Å². The number of sulfonamides is 1. The Labute approximate surface area is 132 Å². The summed E-state index contributed by atoms with van der Waals surface area (Å²) in [5, 5.41) is 10.0. The van der Waals surface area contributed by atoms with Crippen LogP contribution in [0, 0.1) is 5.92 Å². The van der Waals surface area contributed by atoms with Gasteiger partial charge in [0.1, 0.15) is 4.90 Å². The van der Waals surface area contributed by atoms with E-state index in [-0.39, 0.29) is 18.0 Å². The minimum atomic E-state index is -3.80. The number of pyridine rings is 1. The van der Waals surface area contributed by atoms with Crippen LogP contribution in [0.3, 0.4) is 0 Å². The van der Waals surface area contributed by atoms with Crippen LogP contribution in [0.2, 0.25) is 5.02 Å². The van der Waals surface area contributed by atoms with Crippen molar-refractivity contribution in [2.24, 2.45) is 5.92 Å². The Morgan fingerprint density at radius 2 is 2.14 bits per heavy atom. The molecule has 6 nitrogen and oxygen atoms in total. The molecule has 1 aromatic heterocycles. The number of hydrogen-bond acceptors (Lipinski definition) is 4. The molecule has 0 bridgehead atoms. The molecule has 1 aliphatic rings. The summed E-state index contributed by atoms with van der Waals surface area (Å²) < 4.78 is 26.8. The predicted molar refractivity (Wildman–Crippen MR) is 81.3 cm³/mol. The van der Waals surface area contributed by atoms with Crippen LogP contribution in [0.25, 0.3) is 10.9 Å². The number of carboxylic acid groups (broad SMARTS) is 1. The highest BCUT2D eigenvalue weighted by Crippen LogP contribution is 2.30. The zero-order chi connectivity index (χ0) is 15.9. The third-order valence-electron chi connectivity index (χ3n) is 3.80. The van der Waals surface area contributed by atoms with E-state index in [9.17, 15) is 13.2 Å². The van der Waals surface area contributed by atoms with E-state index in [1.807, 2.05) is 0 Å². The fraction of sp³-hybridized carbons (Fsp3) is 0.286. The van der Waals surface area contributed by atoms with Crippen LogP contribution in [0.5, 0.6) is 0 Å². The topological polar surface area (TPSA) is 87.6 Å². The van der Waals surface area contributed by atoms with Crippen molar-refractivity contribution in [3.05, 3.63) is 35.5 Å². The first-order valence-electron chi connectivity index (χ1n) is 6.67. The van der Waals surface area contributed by atoms with Gasteiger partial charge in [-0.25, -0.2) is 8.42 Å². The van der Waals surface area contributed by atoms with E-state index in [0.717, 1.165) is 0 Å². The van der Waals surface area contributed by atoms with E-state index in [1.165, 1.54) is 16.6 Å². The highest BCUT2D eigenvalue weighted by atomic mass is 35.5. The van der Waals surface area contributed by atoms with E-state index in [0.29, 0.717) is 22.3 Å². The van der Waals surface area contributed by atoms with E-state index in [4.69, 9.17) is 16.7 Å². The minimum Gasteiger partial charge on any atom is -0.481 e. The van der Waals surface area contributed by atoms with Crippen molar-refractivity contribution in [1.82, 2.24) is 9.29 Å². The largest absolute Gasteiger partial charge is 0.481 e. The number of rotatable bonds is 3. The number of fused-ring (bicyclic) bond motifs is 1. The fourth-order valence-corrected chi connectivity index (χ4v) is 4.48. The second kappa shape index (κ2) is 5.49. The van der Waals surface area contributed by atoms with Crippen LogP contribution >= 0.6 is 11.6 Å². The first-order valence-corrected chi connectivity index (χ1v) is 8.49. The summed E-state index contributed by atoms with van der Waals surface area (Å²) >= 11 is 6.08. The lowest BCUT2D eigenvalue weighted by Crippen LogP contribution is -2.30. The smallest absolute Gasteiger partial charge is 0.307 e. The Kier molecular flexibility index (Phi) is 3.80. The lowest BCUT2D eigenvalue weighted by Gasteiger charge is -2.17. The maximum Gasteiger partial charge on any atom is 0.307 e. The summed E-state index contributed by atoms with van der Waals surface area (Å²) in [5.74, 6) is -1.64. The average Bonchev–Trinajstić information content (AvgIpc) is 2.98. The van der Waals surface area contributed by atoms with Gasteiger partial charge < -0.3 is 5.11 Å². The predicted octanol–water partition coefficient (Wildman–Crippen LogP) is 1.98. The molecule has 1 aliphatic heterocycles. The fourth-order valence-electron chi connectivity index (χ4n) is 2.61. The first-order chi connectivity index (χ1) is 10.4. The third-order valence-corrected chi connectivity index (χ3v) is 6.03. The lowest BCUT2D eigenvalue weighted by atomic mass is 10.1. The highest BCUT2D eigenvalue weighted by Gasteiger charge is 2.36. The molecular weight excluding hydrogens is 328 g/mol. The molecule has 3 rings (SSSR count). The van der Waals surface area contributed by atoms with Gasteiger partial charge in [-0.2, -0.15) is 4.31 Å². The lowest BCUT2D eigenvalue weighted by molar-refractivity contribution is -0.141. The summed E-state index contributed by atoms with van der Waals surface area (Å²) in [6.45, 7) is 0.172. The standard InChI is InChI=1S/C14H13ClN2O4S/c15-11-4-6-16-13-10(11)2-1-3-12(13)22(20,21)17-7-5-9(8-17)14(18)19/h1-4,6,9H,5,7-8H2,(H,18,19). The number of nitrogens with zero attached hydrogens (tertiary/aromatic N) is 2. The maximum absolute atomic E-state index is 12.8. The molecule has 8 heteroatoms. The van der Waals surface area contributed by atoms with E-state index >= 15 is 0 Å². The average molecular weight is 341 g/mol. The number of carboxylic acids is 1. The van der Waals surface area contributed by atoms with Crippen molar-refractivity contribution in [1.29, 1.82) is 0 Å². The molecule has 0 aliphatic carbocycles. The number of halogens is 1. The Bertz CT molecular complexity index is 853.